The lowest BCUT2D eigenvalue weighted by Crippen LogP contribution is -2.05. The van der Waals surface area contributed by atoms with Gasteiger partial charge in [-0.3, -0.25) is 4.79 Å². The summed E-state index contributed by atoms with van der Waals surface area (Å²) < 4.78 is 15.3. The quantitative estimate of drug-likeness (QED) is 0.610. The van der Waals surface area contributed by atoms with Crippen molar-refractivity contribution in [3.05, 3.63) is 9.75 Å². The van der Waals surface area contributed by atoms with Gasteiger partial charge in [0.25, 0.3) is 0 Å². The molecular formula is C11H12O5S. The molecule has 1 aliphatic heterocycles. The van der Waals surface area contributed by atoms with E-state index < -0.39 is 5.97 Å². The summed E-state index contributed by atoms with van der Waals surface area (Å²) in [4.78, 5) is 24.1. The van der Waals surface area contributed by atoms with E-state index in [0.717, 1.165) is 11.3 Å². The largest absolute Gasteiger partial charge is 0.462 e. The lowest BCUT2D eigenvalue weighted by Gasteiger charge is -2.00. The van der Waals surface area contributed by atoms with Gasteiger partial charge in [0.2, 0.25) is 6.79 Å². The van der Waals surface area contributed by atoms with E-state index in [-0.39, 0.29) is 19.2 Å². The van der Waals surface area contributed by atoms with Crippen molar-refractivity contribution in [1.29, 1.82) is 0 Å². The Kier molecular flexibility index (Phi) is 3.33. The second-order valence-corrected chi connectivity index (χ2v) is 4.34. The third kappa shape index (κ3) is 2.00. The topological polar surface area (TPSA) is 61.8 Å². The molecule has 0 amide bonds. The van der Waals surface area contributed by atoms with Gasteiger partial charge < -0.3 is 14.2 Å². The average Bonchev–Trinajstić information content (AvgIpc) is 2.89. The van der Waals surface area contributed by atoms with Crippen molar-refractivity contribution >= 4 is 23.1 Å². The number of esters is 1. The first-order chi connectivity index (χ1) is 8.19. The summed E-state index contributed by atoms with van der Waals surface area (Å²) in [6, 6.07) is 0. The molecule has 5 nitrogen and oxygen atoms in total. The zero-order chi connectivity index (χ0) is 12.4. The van der Waals surface area contributed by atoms with Crippen molar-refractivity contribution in [2.45, 2.75) is 20.3 Å². The van der Waals surface area contributed by atoms with Crippen LogP contribution in [-0.4, -0.2) is 25.2 Å². The summed E-state index contributed by atoms with van der Waals surface area (Å²) in [5.74, 6) is 0.178. The first-order valence-electron chi connectivity index (χ1n) is 5.31. The van der Waals surface area contributed by atoms with Crippen molar-refractivity contribution in [3.8, 4) is 11.5 Å². The molecule has 0 spiro atoms. The predicted molar refractivity (Wildman–Crippen MR) is 61.0 cm³/mol. The van der Waals surface area contributed by atoms with Crippen molar-refractivity contribution in [1.82, 2.24) is 0 Å². The molecular weight excluding hydrogens is 244 g/mol. The number of hydrogen-bond acceptors (Lipinski definition) is 6. The van der Waals surface area contributed by atoms with Crippen LogP contribution in [0.25, 0.3) is 0 Å². The highest BCUT2D eigenvalue weighted by Crippen LogP contribution is 2.46. The average molecular weight is 256 g/mol. The molecule has 2 rings (SSSR count). The molecule has 0 saturated heterocycles. The minimum absolute atomic E-state index is 0.0363. The number of thiophene rings is 1. The highest BCUT2D eigenvalue weighted by Gasteiger charge is 2.32. The Morgan fingerprint density at radius 2 is 1.88 bits per heavy atom. The van der Waals surface area contributed by atoms with Crippen molar-refractivity contribution < 1.29 is 23.8 Å². The van der Waals surface area contributed by atoms with Crippen LogP contribution in [0.1, 0.15) is 39.6 Å². The summed E-state index contributed by atoms with van der Waals surface area (Å²) >= 11 is 1.07. The van der Waals surface area contributed by atoms with Gasteiger partial charge in [0.1, 0.15) is 4.88 Å². The Morgan fingerprint density at radius 3 is 2.47 bits per heavy atom. The van der Waals surface area contributed by atoms with Crippen LogP contribution in [0.15, 0.2) is 0 Å². The zero-order valence-electron chi connectivity index (χ0n) is 9.57. The molecule has 0 N–H and O–H groups in total. The highest BCUT2D eigenvalue weighted by atomic mass is 32.1. The molecule has 6 heteroatoms. The molecule has 0 bridgehead atoms. The number of carbonyl (C=O) groups excluding carboxylic acids is 2. The molecule has 1 aromatic heterocycles. The van der Waals surface area contributed by atoms with E-state index in [2.05, 4.69) is 0 Å². The molecule has 92 valence electrons. The minimum Gasteiger partial charge on any atom is -0.462 e. The van der Waals surface area contributed by atoms with Gasteiger partial charge in [0.15, 0.2) is 22.2 Å². The van der Waals surface area contributed by atoms with E-state index in [1.165, 1.54) is 0 Å². The van der Waals surface area contributed by atoms with Gasteiger partial charge in [-0.1, -0.05) is 6.92 Å². The second-order valence-electron chi connectivity index (χ2n) is 3.32. The molecule has 1 aliphatic rings. The number of carbonyl (C=O) groups is 2. The third-order valence-electron chi connectivity index (χ3n) is 2.26. The fraction of sp³-hybridized carbons (Fsp3) is 0.455. The zero-order valence-corrected chi connectivity index (χ0v) is 10.4. The molecule has 0 saturated carbocycles. The van der Waals surface area contributed by atoms with E-state index in [0.29, 0.717) is 27.7 Å². The lowest BCUT2D eigenvalue weighted by atomic mass is 10.2. The van der Waals surface area contributed by atoms with Crippen LogP contribution in [0.5, 0.6) is 11.5 Å². The molecule has 0 aromatic carbocycles. The van der Waals surface area contributed by atoms with Crippen LogP contribution < -0.4 is 9.47 Å². The molecule has 2 heterocycles. The Hall–Kier alpha value is -1.56. The van der Waals surface area contributed by atoms with Gasteiger partial charge >= 0.3 is 5.97 Å². The first kappa shape index (κ1) is 11.9. The molecule has 1 aromatic rings. The fourth-order valence-corrected chi connectivity index (χ4v) is 2.58. The summed E-state index contributed by atoms with van der Waals surface area (Å²) in [5, 5.41) is 0. The number of ketones is 1. The van der Waals surface area contributed by atoms with Gasteiger partial charge in [0, 0.05) is 6.42 Å². The standard InChI is InChI=1S/C11H12O5S/c1-3-6(12)9-7-8(16-5-15-7)10(17-9)11(13)14-4-2/h3-5H2,1-2H3. The van der Waals surface area contributed by atoms with Gasteiger partial charge in [-0.2, -0.15) is 0 Å². The van der Waals surface area contributed by atoms with Crippen LogP contribution >= 0.6 is 11.3 Å². The maximum atomic E-state index is 11.7. The minimum atomic E-state index is -0.477. The van der Waals surface area contributed by atoms with Crippen molar-refractivity contribution in [2.24, 2.45) is 0 Å². The van der Waals surface area contributed by atoms with Crippen LogP contribution in [0.4, 0.5) is 0 Å². The van der Waals surface area contributed by atoms with Gasteiger partial charge in [-0.25, -0.2) is 4.79 Å². The summed E-state index contributed by atoms with van der Waals surface area (Å²) in [5.41, 5.74) is 0. The van der Waals surface area contributed by atoms with E-state index in [1.807, 2.05) is 0 Å². The maximum absolute atomic E-state index is 11.7. The van der Waals surface area contributed by atoms with Gasteiger partial charge in [0.05, 0.1) is 6.61 Å². The van der Waals surface area contributed by atoms with Crippen LogP contribution in [-0.2, 0) is 4.74 Å². The Bertz CT molecular complexity index is 463. The normalized spacial score (nSPS) is 12.6. The summed E-state index contributed by atoms with van der Waals surface area (Å²) in [6.45, 7) is 3.80. The molecule has 0 aliphatic carbocycles. The SMILES string of the molecule is CCOC(=O)c1sc(C(=O)CC)c2c1OCO2. The lowest BCUT2D eigenvalue weighted by molar-refractivity contribution is 0.0527. The van der Waals surface area contributed by atoms with E-state index in [4.69, 9.17) is 14.2 Å². The number of rotatable bonds is 4. The van der Waals surface area contributed by atoms with E-state index in [9.17, 15) is 9.59 Å². The van der Waals surface area contributed by atoms with Crippen molar-refractivity contribution in [2.75, 3.05) is 13.4 Å². The smallest absolute Gasteiger partial charge is 0.352 e. The van der Waals surface area contributed by atoms with Crippen LogP contribution in [0, 0.1) is 0 Å². The second kappa shape index (κ2) is 4.75. The van der Waals surface area contributed by atoms with Crippen LogP contribution in [0.3, 0.4) is 0 Å². The third-order valence-corrected chi connectivity index (χ3v) is 3.44. The Morgan fingerprint density at radius 1 is 1.24 bits per heavy atom. The summed E-state index contributed by atoms with van der Waals surface area (Å²) in [6.07, 6.45) is 0.360. The van der Waals surface area contributed by atoms with Gasteiger partial charge in [-0.15, -0.1) is 11.3 Å². The molecule has 0 fully saturated rings. The Labute approximate surface area is 102 Å². The number of ether oxygens (including phenoxy) is 3. The molecule has 0 atom stereocenters. The molecule has 0 unspecified atom stereocenters. The number of Topliss-reactive ketones (excluding diaryl/α,β-unsaturated/α-hetero) is 1. The maximum Gasteiger partial charge on any atom is 0.352 e. The first-order valence-corrected chi connectivity index (χ1v) is 6.13. The number of fused-ring (bicyclic) bond motifs is 1. The number of hydrogen-bond donors (Lipinski definition) is 0. The fourth-order valence-electron chi connectivity index (χ4n) is 1.49. The van der Waals surface area contributed by atoms with E-state index >= 15 is 0 Å². The predicted octanol–water partition coefficient (Wildman–Crippen LogP) is 2.25. The van der Waals surface area contributed by atoms with Crippen LogP contribution in [0.2, 0.25) is 0 Å². The molecule has 0 radical (unpaired) electrons. The highest BCUT2D eigenvalue weighted by molar-refractivity contribution is 7.16. The monoisotopic (exact) mass is 256 g/mol. The Balaban J connectivity index is 2.41. The molecule has 17 heavy (non-hydrogen) atoms. The summed E-state index contributed by atoms with van der Waals surface area (Å²) in [7, 11) is 0. The van der Waals surface area contributed by atoms with E-state index in [1.54, 1.807) is 13.8 Å². The van der Waals surface area contributed by atoms with Crippen molar-refractivity contribution in [3.63, 3.8) is 0 Å². The van der Waals surface area contributed by atoms with Gasteiger partial charge in [-0.05, 0) is 6.92 Å².